The van der Waals surface area contributed by atoms with Crippen molar-refractivity contribution in [2.45, 2.75) is 122 Å². The number of aliphatic hydroxyl groups is 1. The molecule has 1 N–H and O–H groups in total. The summed E-state index contributed by atoms with van der Waals surface area (Å²) in [5, 5.41) is 9.86. The van der Waals surface area contributed by atoms with Crippen molar-refractivity contribution < 1.29 is 19.3 Å². The molecule has 178 valence electrons. The Morgan fingerprint density at radius 2 is 1.03 bits per heavy atom. The zero-order valence-corrected chi connectivity index (χ0v) is 21.5. The minimum atomic E-state index is -2.24. The summed E-state index contributed by atoms with van der Waals surface area (Å²) in [4.78, 5) is 24.0. The van der Waals surface area contributed by atoms with E-state index in [-0.39, 0.29) is 17.5 Å². The highest BCUT2D eigenvalue weighted by Crippen LogP contribution is 2.20. The predicted octanol–water partition coefficient (Wildman–Crippen LogP) is 6.52. The fourth-order valence-electron chi connectivity index (χ4n) is 3.74. The largest absolute Gasteiger partial charge is 0.622 e. The van der Waals surface area contributed by atoms with Gasteiger partial charge in [0.15, 0.2) is 14.3 Å². The first kappa shape index (κ1) is 29.7. The van der Waals surface area contributed by atoms with Crippen LogP contribution in [-0.4, -0.2) is 48.3 Å². The monoisotopic (exact) mass is 444 g/mol. The van der Waals surface area contributed by atoms with Crippen molar-refractivity contribution in [2.75, 3.05) is 27.7 Å². The van der Waals surface area contributed by atoms with Crippen LogP contribution in [0.4, 0.5) is 0 Å². The Balaban J connectivity index is 3.44. The van der Waals surface area contributed by atoms with Gasteiger partial charge in [-0.15, -0.1) is 0 Å². The van der Waals surface area contributed by atoms with Gasteiger partial charge in [0.05, 0.1) is 27.6 Å². The van der Waals surface area contributed by atoms with Crippen LogP contribution in [0.15, 0.2) is 0 Å². The first-order chi connectivity index (χ1) is 14.3. The van der Waals surface area contributed by atoms with Crippen molar-refractivity contribution in [1.29, 1.82) is 0 Å². The highest BCUT2D eigenvalue weighted by molar-refractivity contribution is 7.68. The zero-order chi connectivity index (χ0) is 22.7. The van der Waals surface area contributed by atoms with Crippen molar-refractivity contribution in [2.24, 2.45) is 0 Å². The second kappa shape index (κ2) is 19.4. The van der Waals surface area contributed by atoms with Gasteiger partial charge in [-0.25, -0.2) is 4.79 Å². The van der Waals surface area contributed by atoms with Gasteiger partial charge in [-0.2, -0.15) is 0 Å². The molecule has 0 heterocycles. The van der Waals surface area contributed by atoms with Crippen molar-refractivity contribution >= 4 is 18.8 Å². The van der Waals surface area contributed by atoms with E-state index in [4.69, 9.17) is 0 Å². The Hall–Kier alpha value is -0.280. The van der Waals surface area contributed by atoms with Crippen LogP contribution in [0.5, 0.6) is 0 Å². The summed E-state index contributed by atoms with van der Waals surface area (Å²) in [5.74, 6) is 0. The van der Waals surface area contributed by atoms with Gasteiger partial charge in [0.25, 0.3) is 5.48 Å². The van der Waals surface area contributed by atoms with Crippen LogP contribution in [0.2, 0.25) is 0 Å². The summed E-state index contributed by atoms with van der Waals surface area (Å²) >= 11 is 0. The van der Waals surface area contributed by atoms with Gasteiger partial charge in [-0.3, -0.25) is 0 Å². The van der Waals surface area contributed by atoms with Crippen molar-refractivity contribution in [3.8, 4) is 0 Å². The molecular weight excluding hydrogens is 393 g/mol. The summed E-state index contributed by atoms with van der Waals surface area (Å²) < 4.78 is 0.472. The molecule has 0 radical (unpaired) electrons. The molecule has 4 nitrogen and oxygen atoms in total. The third-order valence-corrected chi connectivity index (χ3v) is 6.86. The van der Waals surface area contributed by atoms with Gasteiger partial charge in [0.1, 0.15) is 0 Å². The Morgan fingerprint density at radius 1 is 0.700 bits per heavy atom. The minimum absolute atomic E-state index is 0.158. The summed E-state index contributed by atoms with van der Waals surface area (Å²) in [5.41, 5.74) is -0.452. The van der Waals surface area contributed by atoms with E-state index in [9.17, 15) is 14.8 Å². The summed E-state index contributed by atoms with van der Waals surface area (Å²) in [6, 6.07) is 0. The van der Waals surface area contributed by atoms with E-state index in [0.29, 0.717) is 10.9 Å². The lowest BCUT2D eigenvalue weighted by Crippen LogP contribution is -2.39. The van der Waals surface area contributed by atoms with Crippen LogP contribution in [0.25, 0.3) is 0 Å². The SMILES string of the molecule is CCCCCCCCCCCCCCCCCCCC(=O)[P+]([O-])=C(O)C[N+](C)(C)C. The average molecular weight is 445 g/mol. The lowest BCUT2D eigenvalue weighted by molar-refractivity contribution is -0.861. The molecular formula is C25H51NO3P+. The lowest BCUT2D eigenvalue weighted by atomic mass is 10.0. The molecule has 0 aliphatic rings. The predicted molar refractivity (Wildman–Crippen MR) is 131 cm³/mol. The molecule has 0 aromatic heterocycles. The molecule has 0 aromatic carbocycles. The highest BCUT2D eigenvalue weighted by atomic mass is 31.1. The molecule has 0 saturated carbocycles. The number of carbonyl (C=O) groups is 1. The number of carbonyl (C=O) groups excluding carboxylic acids is 1. The zero-order valence-electron chi connectivity index (χ0n) is 20.6. The molecule has 0 saturated heterocycles. The fourth-order valence-corrected chi connectivity index (χ4v) is 4.94. The average Bonchev–Trinajstić information content (AvgIpc) is 2.68. The maximum Gasteiger partial charge on any atom is 0.321 e. The molecule has 0 spiro atoms. The molecule has 1 atom stereocenters. The standard InChI is InChI=1S/C25H50NO3P/c1-5-6-7-8-9-10-11-12-13-14-15-16-17-18-19-20-21-22-24(27)30(29)25(28)23-26(2,3)4/h5-23H2,1-4H3/p+1. The number of aliphatic hydroxyl groups excluding tert-OH is 1. The van der Waals surface area contributed by atoms with E-state index in [1.54, 1.807) is 0 Å². The van der Waals surface area contributed by atoms with Crippen LogP contribution in [0, 0.1) is 0 Å². The van der Waals surface area contributed by atoms with Gasteiger partial charge in [-0.1, -0.05) is 110 Å². The quantitative estimate of drug-likeness (QED) is 0.124. The van der Waals surface area contributed by atoms with Crippen molar-refractivity contribution in [3.63, 3.8) is 0 Å². The molecule has 0 amide bonds. The normalized spacial score (nSPS) is 12.9. The van der Waals surface area contributed by atoms with E-state index in [1.807, 2.05) is 21.1 Å². The van der Waals surface area contributed by atoms with Crippen LogP contribution in [0.3, 0.4) is 0 Å². The Kier molecular flexibility index (Phi) is 19.2. The number of unbranched alkanes of at least 4 members (excludes halogenated alkanes) is 16. The molecule has 0 aromatic rings. The molecule has 1 unspecified atom stereocenters. The lowest BCUT2D eigenvalue weighted by Gasteiger charge is -2.21. The van der Waals surface area contributed by atoms with E-state index >= 15 is 0 Å². The Labute approximate surface area is 188 Å². The van der Waals surface area contributed by atoms with Crippen LogP contribution >= 0.6 is 7.77 Å². The third-order valence-electron chi connectivity index (χ3n) is 5.57. The smallest absolute Gasteiger partial charge is 0.321 e. The van der Waals surface area contributed by atoms with Gasteiger partial charge in [-0.05, 0) is 6.42 Å². The van der Waals surface area contributed by atoms with Crippen LogP contribution in [0.1, 0.15) is 122 Å². The molecule has 0 rings (SSSR count). The molecule has 0 bridgehead atoms. The summed E-state index contributed by atoms with van der Waals surface area (Å²) in [7, 11) is 3.47. The highest BCUT2D eigenvalue weighted by Gasteiger charge is 2.22. The van der Waals surface area contributed by atoms with Gasteiger partial charge in [0, 0.05) is 0 Å². The second-order valence-corrected chi connectivity index (χ2v) is 11.6. The van der Waals surface area contributed by atoms with Gasteiger partial charge >= 0.3 is 5.52 Å². The van der Waals surface area contributed by atoms with Crippen molar-refractivity contribution in [3.05, 3.63) is 0 Å². The van der Waals surface area contributed by atoms with E-state index in [1.165, 1.54) is 89.9 Å². The molecule has 0 fully saturated rings. The van der Waals surface area contributed by atoms with Crippen LogP contribution in [-0.2, 0) is 4.79 Å². The molecule has 5 heteroatoms. The minimum Gasteiger partial charge on any atom is -0.622 e. The van der Waals surface area contributed by atoms with Gasteiger partial charge in [0.2, 0.25) is 0 Å². The number of nitrogens with zero attached hydrogens (tertiary/aromatic N) is 1. The third kappa shape index (κ3) is 19.7. The van der Waals surface area contributed by atoms with E-state index in [2.05, 4.69) is 6.92 Å². The summed E-state index contributed by atoms with van der Waals surface area (Å²) in [6.07, 6.45) is 22.5. The number of hydrogen-bond acceptors (Lipinski definition) is 2. The molecule has 0 aliphatic heterocycles. The number of hydrogen-bond donors (Lipinski definition) is 1. The molecule has 0 aliphatic carbocycles. The Morgan fingerprint density at radius 3 is 1.37 bits per heavy atom. The maximum atomic E-state index is 12.0. The Bertz CT molecular complexity index is 458. The molecule has 30 heavy (non-hydrogen) atoms. The number of rotatable bonds is 21. The second-order valence-electron chi connectivity index (χ2n) is 9.96. The number of quaternary nitrogens is 1. The van der Waals surface area contributed by atoms with Crippen LogP contribution < -0.4 is 4.89 Å². The maximum absolute atomic E-state index is 12.0. The van der Waals surface area contributed by atoms with Crippen molar-refractivity contribution in [1.82, 2.24) is 0 Å². The van der Waals surface area contributed by atoms with E-state index < -0.39 is 7.77 Å². The summed E-state index contributed by atoms with van der Waals surface area (Å²) in [6.45, 7) is 2.54. The number of likely N-dealkylation sites (N-methyl/N-ethyl adjacent to an activating group) is 1. The topological polar surface area (TPSA) is 60.4 Å². The fraction of sp³-hybridized carbons (Fsp3) is 0.920. The first-order valence-electron chi connectivity index (χ1n) is 12.6. The van der Waals surface area contributed by atoms with E-state index in [0.717, 1.165) is 19.3 Å². The van der Waals surface area contributed by atoms with Gasteiger partial charge < -0.3 is 14.5 Å². The first-order valence-corrected chi connectivity index (χ1v) is 13.9.